The van der Waals surface area contributed by atoms with E-state index in [0.29, 0.717) is 25.7 Å². The molecule has 7 heteroatoms. The minimum atomic E-state index is -0.344. The molecule has 164 valence electrons. The van der Waals surface area contributed by atoms with E-state index in [0.717, 1.165) is 12.1 Å². The highest BCUT2D eigenvalue weighted by Crippen LogP contribution is 2.18. The second-order valence-electron chi connectivity index (χ2n) is 7.28. The van der Waals surface area contributed by atoms with Crippen molar-refractivity contribution in [2.75, 3.05) is 26.7 Å². The largest absolute Gasteiger partial charge is 0.491 e. The Bertz CT molecular complexity index is 807. The predicted molar refractivity (Wildman–Crippen MR) is 131 cm³/mol. The van der Waals surface area contributed by atoms with Crippen molar-refractivity contribution in [1.29, 1.82) is 0 Å². The molecule has 2 N–H and O–H groups in total. The maximum absolute atomic E-state index is 14.0. The van der Waals surface area contributed by atoms with E-state index in [-0.39, 0.29) is 35.5 Å². The van der Waals surface area contributed by atoms with Gasteiger partial charge in [0.05, 0.1) is 6.61 Å². The van der Waals surface area contributed by atoms with Gasteiger partial charge in [0.2, 0.25) is 0 Å². The van der Waals surface area contributed by atoms with Crippen LogP contribution in [0.1, 0.15) is 36.5 Å². The molecule has 0 atom stereocenters. The molecule has 2 aromatic rings. The lowest BCUT2D eigenvalue weighted by molar-refractivity contribution is 0.321. The number of halogens is 2. The molecule has 5 nitrogen and oxygen atoms in total. The Labute approximate surface area is 196 Å². The number of likely N-dealkylation sites (tertiary alicyclic amines) is 1. The number of rotatable bonds is 8. The molecule has 1 fully saturated rings. The van der Waals surface area contributed by atoms with E-state index in [4.69, 9.17) is 4.74 Å². The SMILES string of the molecule is CCOc1ccc(CNC(=NC)NCc2ccc(CN3CCCC3)cc2)cc1F.I. The fourth-order valence-corrected chi connectivity index (χ4v) is 3.48. The van der Waals surface area contributed by atoms with E-state index in [9.17, 15) is 4.39 Å². The first-order valence-electron chi connectivity index (χ1n) is 10.3. The summed E-state index contributed by atoms with van der Waals surface area (Å²) in [6.45, 7) is 6.91. The van der Waals surface area contributed by atoms with Crippen molar-refractivity contribution >= 4 is 29.9 Å². The van der Waals surface area contributed by atoms with Crippen LogP contribution < -0.4 is 15.4 Å². The van der Waals surface area contributed by atoms with Crippen molar-refractivity contribution in [1.82, 2.24) is 15.5 Å². The predicted octanol–water partition coefficient (Wildman–Crippen LogP) is 4.30. The monoisotopic (exact) mass is 526 g/mol. The fourth-order valence-electron chi connectivity index (χ4n) is 3.48. The third-order valence-electron chi connectivity index (χ3n) is 5.07. The summed E-state index contributed by atoms with van der Waals surface area (Å²) in [7, 11) is 1.73. The third kappa shape index (κ3) is 7.43. The Kier molecular flexibility index (Phi) is 10.4. The smallest absolute Gasteiger partial charge is 0.191 e. The van der Waals surface area contributed by atoms with Crippen LogP contribution >= 0.6 is 24.0 Å². The zero-order chi connectivity index (χ0) is 20.5. The van der Waals surface area contributed by atoms with Crippen molar-refractivity contribution in [3.63, 3.8) is 0 Å². The number of hydrogen-bond donors (Lipinski definition) is 2. The van der Waals surface area contributed by atoms with Gasteiger partial charge in [0.25, 0.3) is 0 Å². The van der Waals surface area contributed by atoms with Gasteiger partial charge in [-0.15, -0.1) is 24.0 Å². The van der Waals surface area contributed by atoms with E-state index < -0.39 is 0 Å². The summed E-state index contributed by atoms with van der Waals surface area (Å²) in [6.07, 6.45) is 2.63. The molecule has 0 unspecified atom stereocenters. The molecule has 3 rings (SSSR count). The maximum Gasteiger partial charge on any atom is 0.191 e. The summed E-state index contributed by atoms with van der Waals surface area (Å²) in [5, 5.41) is 6.52. The zero-order valence-corrected chi connectivity index (χ0v) is 20.1. The summed E-state index contributed by atoms with van der Waals surface area (Å²) in [5.41, 5.74) is 3.39. The van der Waals surface area contributed by atoms with Gasteiger partial charge in [-0.3, -0.25) is 9.89 Å². The highest BCUT2D eigenvalue weighted by Gasteiger charge is 2.11. The van der Waals surface area contributed by atoms with Crippen LogP contribution in [0.5, 0.6) is 5.75 Å². The van der Waals surface area contributed by atoms with Crippen LogP contribution in [0.4, 0.5) is 4.39 Å². The van der Waals surface area contributed by atoms with Crippen LogP contribution in [0, 0.1) is 5.82 Å². The highest BCUT2D eigenvalue weighted by atomic mass is 127. The molecular weight excluding hydrogens is 494 g/mol. The van der Waals surface area contributed by atoms with E-state index in [1.165, 1.54) is 43.1 Å². The topological polar surface area (TPSA) is 48.9 Å². The average molecular weight is 526 g/mol. The van der Waals surface area contributed by atoms with Crippen LogP contribution in [0.15, 0.2) is 47.5 Å². The van der Waals surface area contributed by atoms with Crippen molar-refractivity contribution in [3.8, 4) is 5.75 Å². The Balaban J connectivity index is 0.00000320. The Hall–Kier alpha value is -1.87. The summed E-state index contributed by atoms with van der Waals surface area (Å²) in [5.74, 6) is 0.621. The van der Waals surface area contributed by atoms with Gasteiger partial charge >= 0.3 is 0 Å². The van der Waals surface area contributed by atoms with E-state index in [1.54, 1.807) is 13.1 Å². The molecule has 1 aliphatic heterocycles. The molecule has 1 heterocycles. The Morgan fingerprint density at radius 1 is 1.00 bits per heavy atom. The molecule has 0 saturated carbocycles. The van der Waals surface area contributed by atoms with Gasteiger partial charge in [-0.05, 0) is 61.7 Å². The van der Waals surface area contributed by atoms with Crippen molar-refractivity contribution in [2.24, 2.45) is 4.99 Å². The van der Waals surface area contributed by atoms with Gasteiger partial charge in [-0.2, -0.15) is 0 Å². The first-order valence-corrected chi connectivity index (χ1v) is 10.3. The second-order valence-corrected chi connectivity index (χ2v) is 7.28. The van der Waals surface area contributed by atoms with E-state index in [2.05, 4.69) is 44.8 Å². The fraction of sp³-hybridized carbons (Fsp3) is 0.435. The number of nitrogens with zero attached hydrogens (tertiary/aromatic N) is 2. The lowest BCUT2D eigenvalue weighted by atomic mass is 10.1. The minimum Gasteiger partial charge on any atom is -0.491 e. The van der Waals surface area contributed by atoms with Crippen LogP contribution in [-0.2, 0) is 19.6 Å². The summed E-state index contributed by atoms with van der Waals surface area (Å²) < 4.78 is 19.2. The van der Waals surface area contributed by atoms with Crippen molar-refractivity contribution < 1.29 is 9.13 Å². The number of aliphatic imine (C=N–C) groups is 1. The van der Waals surface area contributed by atoms with Gasteiger partial charge < -0.3 is 15.4 Å². The Morgan fingerprint density at radius 2 is 1.60 bits per heavy atom. The summed E-state index contributed by atoms with van der Waals surface area (Å²) in [4.78, 5) is 6.75. The molecule has 0 spiro atoms. The molecule has 1 saturated heterocycles. The molecule has 0 aromatic heterocycles. The lowest BCUT2D eigenvalue weighted by Gasteiger charge is -2.15. The molecule has 0 amide bonds. The van der Waals surface area contributed by atoms with Gasteiger partial charge in [-0.1, -0.05) is 30.3 Å². The van der Waals surface area contributed by atoms with Crippen LogP contribution in [0.2, 0.25) is 0 Å². The van der Waals surface area contributed by atoms with Crippen molar-refractivity contribution in [2.45, 2.75) is 39.4 Å². The van der Waals surface area contributed by atoms with Gasteiger partial charge in [0.15, 0.2) is 17.5 Å². The quantitative estimate of drug-likeness (QED) is 0.306. The number of hydrogen-bond acceptors (Lipinski definition) is 3. The third-order valence-corrected chi connectivity index (χ3v) is 5.07. The first-order chi connectivity index (χ1) is 14.2. The molecule has 1 aliphatic rings. The van der Waals surface area contributed by atoms with Gasteiger partial charge in [-0.25, -0.2) is 4.39 Å². The van der Waals surface area contributed by atoms with Crippen LogP contribution in [0.25, 0.3) is 0 Å². The number of ether oxygens (including phenoxy) is 1. The average Bonchev–Trinajstić information content (AvgIpc) is 3.24. The van der Waals surface area contributed by atoms with Gasteiger partial charge in [0, 0.05) is 26.7 Å². The molecule has 0 bridgehead atoms. The maximum atomic E-state index is 14.0. The van der Waals surface area contributed by atoms with Crippen LogP contribution in [-0.4, -0.2) is 37.6 Å². The van der Waals surface area contributed by atoms with Gasteiger partial charge in [0.1, 0.15) is 0 Å². The molecule has 30 heavy (non-hydrogen) atoms. The van der Waals surface area contributed by atoms with Crippen molar-refractivity contribution in [3.05, 3.63) is 65.0 Å². The first kappa shape index (κ1) is 24.4. The minimum absolute atomic E-state index is 0. The molecule has 0 radical (unpaired) electrons. The van der Waals surface area contributed by atoms with E-state index >= 15 is 0 Å². The number of guanidine groups is 1. The Morgan fingerprint density at radius 3 is 2.20 bits per heavy atom. The zero-order valence-electron chi connectivity index (χ0n) is 17.8. The normalized spacial score (nSPS) is 14.3. The summed E-state index contributed by atoms with van der Waals surface area (Å²) in [6, 6.07) is 13.7. The van der Waals surface area contributed by atoms with Crippen LogP contribution in [0.3, 0.4) is 0 Å². The molecule has 0 aliphatic carbocycles. The molecular formula is C23H32FIN4O. The standard InChI is InChI=1S/C23H31FN4O.HI/c1-3-29-22-11-10-20(14-21(22)24)16-27-23(25-2)26-15-18-6-8-19(9-7-18)17-28-12-4-5-13-28;/h6-11,14H,3-5,12-13,15-17H2,1-2H3,(H2,25,26,27);1H. The lowest BCUT2D eigenvalue weighted by Crippen LogP contribution is -2.36. The number of benzene rings is 2. The highest BCUT2D eigenvalue weighted by molar-refractivity contribution is 14.0. The second kappa shape index (κ2) is 12.7. The summed E-state index contributed by atoms with van der Waals surface area (Å²) >= 11 is 0. The van der Waals surface area contributed by atoms with E-state index in [1.807, 2.05) is 13.0 Å². The molecule has 2 aromatic carbocycles. The number of nitrogens with one attached hydrogen (secondary N) is 2.